The van der Waals surface area contributed by atoms with Gasteiger partial charge in [0.25, 0.3) is 0 Å². The molecule has 4 heteroatoms. The summed E-state index contributed by atoms with van der Waals surface area (Å²) in [5.41, 5.74) is 7.38. The predicted molar refractivity (Wildman–Crippen MR) is 81.5 cm³/mol. The number of halogens is 1. The van der Waals surface area contributed by atoms with E-state index in [9.17, 15) is 0 Å². The molecule has 1 fully saturated rings. The van der Waals surface area contributed by atoms with E-state index in [2.05, 4.69) is 29.8 Å². The molecule has 0 radical (unpaired) electrons. The molecule has 0 amide bonds. The summed E-state index contributed by atoms with van der Waals surface area (Å²) in [7, 11) is 2.19. The number of nitrogens with two attached hydrogens (primary N) is 1. The second-order valence-electron chi connectivity index (χ2n) is 5.58. The summed E-state index contributed by atoms with van der Waals surface area (Å²) in [6.07, 6.45) is 0.983. The molecular weight excluding hydrogens is 258 g/mol. The quantitative estimate of drug-likeness (QED) is 0.920. The largest absolute Gasteiger partial charge is 0.324 e. The molecule has 1 aliphatic rings. The smallest absolute Gasteiger partial charge is 0.0409 e. The molecule has 2 unspecified atom stereocenters. The Labute approximate surface area is 121 Å². The van der Waals surface area contributed by atoms with E-state index in [4.69, 9.17) is 17.3 Å². The monoisotopic (exact) mass is 281 g/mol. The van der Waals surface area contributed by atoms with Crippen molar-refractivity contribution in [3.63, 3.8) is 0 Å². The molecule has 1 aromatic rings. The van der Waals surface area contributed by atoms with Gasteiger partial charge in [-0.3, -0.25) is 0 Å². The Kier molecular flexibility index (Phi) is 5.22. The number of benzene rings is 1. The summed E-state index contributed by atoms with van der Waals surface area (Å²) in [5.74, 6) is 0. The van der Waals surface area contributed by atoms with Crippen molar-refractivity contribution in [1.29, 1.82) is 0 Å². The standard InChI is InChI=1S/C15H24ClN3/c1-12-11-19(9-8-18(12)2)7-6-15(17)13-4-3-5-14(16)10-13/h3-5,10,12,15H,6-9,11,17H2,1-2H3. The third-order valence-corrected chi connectivity index (χ3v) is 4.31. The van der Waals surface area contributed by atoms with Crippen molar-refractivity contribution in [2.75, 3.05) is 33.2 Å². The van der Waals surface area contributed by atoms with Crippen LogP contribution in [0.3, 0.4) is 0 Å². The van der Waals surface area contributed by atoms with E-state index in [0.29, 0.717) is 6.04 Å². The normalized spacial score (nSPS) is 23.5. The maximum absolute atomic E-state index is 6.25. The Bertz CT molecular complexity index is 410. The minimum absolute atomic E-state index is 0.0775. The van der Waals surface area contributed by atoms with E-state index in [1.54, 1.807) is 0 Å². The molecule has 2 atom stereocenters. The van der Waals surface area contributed by atoms with E-state index in [-0.39, 0.29) is 6.04 Å². The fourth-order valence-corrected chi connectivity index (χ4v) is 2.75. The van der Waals surface area contributed by atoms with E-state index in [1.807, 2.05) is 18.2 Å². The van der Waals surface area contributed by atoms with Gasteiger partial charge in [-0.15, -0.1) is 0 Å². The molecule has 2 N–H and O–H groups in total. The molecule has 1 heterocycles. The van der Waals surface area contributed by atoms with Gasteiger partial charge in [0.15, 0.2) is 0 Å². The number of rotatable bonds is 4. The fraction of sp³-hybridized carbons (Fsp3) is 0.600. The zero-order valence-electron chi connectivity index (χ0n) is 11.8. The lowest BCUT2D eigenvalue weighted by Gasteiger charge is -2.38. The van der Waals surface area contributed by atoms with Gasteiger partial charge in [-0.05, 0) is 38.1 Å². The maximum atomic E-state index is 6.25. The van der Waals surface area contributed by atoms with Crippen molar-refractivity contribution in [3.8, 4) is 0 Å². The fourth-order valence-electron chi connectivity index (χ4n) is 2.55. The Morgan fingerprint density at radius 2 is 2.21 bits per heavy atom. The number of hydrogen-bond acceptors (Lipinski definition) is 3. The van der Waals surface area contributed by atoms with Crippen molar-refractivity contribution in [3.05, 3.63) is 34.9 Å². The van der Waals surface area contributed by atoms with Crippen molar-refractivity contribution in [2.45, 2.75) is 25.4 Å². The first kappa shape index (κ1) is 14.8. The summed E-state index contributed by atoms with van der Waals surface area (Å²) < 4.78 is 0. The second kappa shape index (κ2) is 6.71. The Morgan fingerprint density at radius 1 is 1.42 bits per heavy atom. The molecule has 2 rings (SSSR count). The summed E-state index contributed by atoms with van der Waals surface area (Å²) in [5, 5.41) is 0.765. The zero-order chi connectivity index (χ0) is 13.8. The molecule has 0 bridgehead atoms. The molecule has 0 saturated carbocycles. The first-order valence-electron chi connectivity index (χ1n) is 7.00. The number of nitrogens with zero attached hydrogens (tertiary/aromatic N) is 2. The van der Waals surface area contributed by atoms with Crippen molar-refractivity contribution < 1.29 is 0 Å². The highest BCUT2D eigenvalue weighted by Gasteiger charge is 2.20. The van der Waals surface area contributed by atoms with Crippen LogP contribution in [-0.2, 0) is 0 Å². The van der Waals surface area contributed by atoms with Gasteiger partial charge in [0.05, 0.1) is 0 Å². The molecular formula is C15H24ClN3. The first-order valence-corrected chi connectivity index (χ1v) is 7.37. The molecule has 0 aliphatic carbocycles. The maximum Gasteiger partial charge on any atom is 0.0409 e. The second-order valence-corrected chi connectivity index (χ2v) is 6.02. The van der Waals surface area contributed by atoms with Crippen LogP contribution in [0.25, 0.3) is 0 Å². The molecule has 19 heavy (non-hydrogen) atoms. The van der Waals surface area contributed by atoms with E-state index in [1.165, 1.54) is 0 Å². The van der Waals surface area contributed by atoms with Crippen LogP contribution < -0.4 is 5.73 Å². The lowest BCUT2D eigenvalue weighted by atomic mass is 10.0. The topological polar surface area (TPSA) is 32.5 Å². The van der Waals surface area contributed by atoms with E-state index < -0.39 is 0 Å². The average Bonchev–Trinajstić information content (AvgIpc) is 2.40. The summed E-state index contributed by atoms with van der Waals surface area (Å²) in [6.45, 7) is 6.77. The Morgan fingerprint density at radius 3 is 2.89 bits per heavy atom. The van der Waals surface area contributed by atoms with Gasteiger partial charge in [0, 0.05) is 43.3 Å². The zero-order valence-corrected chi connectivity index (χ0v) is 12.6. The van der Waals surface area contributed by atoms with Crippen LogP contribution in [0.1, 0.15) is 24.9 Å². The van der Waals surface area contributed by atoms with Crippen LogP contribution in [0.2, 0.25) is 5.02 Å². The molecule has 3 nitrogen and oxygen atoms in total. The van der Waals surface area contributed by atoms with E-state index in [0.717, 1.165) is 43.2 Å². The van der Waals surface area contributed by atoms with Crippen molar-refractivity contribution in [1.82, 2.24) is 9.80 Å². The highest BCUT2D eigenvalue weighted by atomic mass is 35.5. The number of likely N-dealkylation sites (N-methyl/N-ethyl adjacent to an activating group) is 1. The van der Waals surface area contributed by atoms with Gasteiger partial charge in [0.2, 0.25) is 0 Å². The Hall–Kier alpha value is -0.610. The van der Waals surface area contributed by atoms with Crippen LogP contribution in [-0.4, -0.2) is 49.1 Å². The van der Waals surface area contributed by atoms with Gasteiger partial charge in [-0.1, -0.05) is 23.7 Å². The Balaban J connectivity index is 1.82. The highest BCUT2D eigenvalue weighted by Crippen LogP contribution is 2.19. The summed E-state index contributed by atoms with van der Waals surface area (Å²) in [4.78, 5) is 4.92. The molecule has 106 valence electrons. The van der Waals surface area contributed by atoms with Gasteiger partial charge in [-0.25, -0.2) is 0 Å². The van der Waals surface area contributed by atoms with Crippen LogP contribution in [0.15, 0.2) is 24.3 Å². The van der Waals surface area contributed by atoms with Gasteiger partial charge < -0.3 is 15.5 Å². The molecule has 0 aromatic heterocycles. The van der Waals surface area contributed by atoms with Crippen LogP contribution >= 0.6 is 11.6 Å². The number of hydrogen-bond donors (Lipinski definition) is 1. The molecule has 1 saturated heterocycles. The predicted octanol–water partition coefficient (Wildman–Crippen LogP) is 2.37. The lowest BCUT2D eigenvalue weighted by molar-refractivity contribution is 0.103. The van der Waals surface area contributed by atoms with Crippen LogP contribution in [0.5, 0.6) is 0 Å². The molecule has 1 aromatic carbocycles. The van der Waals surface area contributed by atoms with Gasteiger partial charge >= 0.3 is 0 Å². The number of piperazine rings is 1. The van der Waals surface area contributed by atoms with Crippen molar-refractivity contribution >= 4 is 11.6 Å². The lowest BCUT2D eigenvalue weighted by Crippen LogP contribution is -2.50. The van der Waals surface area contributed by atoms with Gasteiger partial charge in [-0.2, -0.15) is 0 Å². The van der Waals surface area contributed by atoms with Gasteiger partial charge in [0.1, 0.15) is 0 Å². The molecule has 0 spiro atoms. The third-order valence-electron chi connectivity index (χ3n) is 4.08. The summed E-state index contributed by atoms with van der Waals surface area (Å²) in [6, 6.07) is 8.60. The minimum Gasteiger partial charge on any atom is -0.324 e. The van der Waals surface area contributed by atoms with Crippen LogP contribution in [0.4, 0.5) is 0 Å². The first-order chi connectivity index (χ1) is 9.06. The summed E-state index contributed by atoms with van der Waals surface area (Å²) >= 11 is 6.00. The van der Waals surface area contributed by atoms with Crippen LogP contribution in [0, 0.1) is 0 Å². The van der Waals surface area contributed by atoms with Crippen molar-refractivity contribution in [2.24, 2.45) is 5.73 Å². The SMILES string of the molecule is CC1CN(CCC(N)c2cccc(Cl)c2)CCN1C. The average molecular weight is 282 g/mol. The molecule has 1 aliphatic heterocycles. The van der Waals surface area contributed by atoms with E-state index >= 15 is 0 Å². The third kappa shape index (κ3) is 4.18. The highest BCUT2D eigenvalue weighted by molar-refractivity contribution is 6.30. The minimum atomic E-state index is 0.0775.